The molecule has 1 amide bonds. The van der Waals surface area contributed by atoms with Gasteiger partial charge in [0.25, 0.3) is 5.89 Å². The fourth-order valence-electron chi connectivity index (χ4n) is 3.44. The summed E-state index contributed by atoms with van der Waals surface area (Å²) in [6.45, 7) is 3.16. The Balaban J connectivity index is 1.30. The number of aryl methyl sites for hydroxylation is 2. The van der Waals surface area contributed by atoms with Gasteiger partial charge >= 0.3 is 0 Å². The molecule has 3 atom stereocenters. The molecule has 4 heterocycles. The highest BCUT2D eigenvalue weighted by Crippen LogP contribution is 2.40. The van der Waals surface area contributed by atoms with Gasteiger partial charge in [0.05, 0.1) is 6.10 Å². The Morgan fingerprint density at radius 3 is 2.88 bits per heavy atom. The van der Waals surface area contributed by atoms with Gasteiger partial charge in [-0.1, -0.05) is 5.16 Å². The summed E-state index contributed by atoms with van der Waals surface area (Å²) in [6.07, 6.45) is 6.87. The lowest BCUT2D eigenvalue weighted by atomic mass is 10.0. The van der Waals surface area contributed by atoms with Crippen molar-refractivity contribution in [3.63, 3.8) is 0 Å². The molecular weight excluding hydrogens is 310 g/mol. The highest BCUT2D eigenvalue weighted by atomic mass is 16.5. The molecule has 8 heteroatoms. The van der Waals surface area contributed by atoms with Gasteiger partial charge in [0.1, 0.15) is 12.4 Å². The van der Waals surface area contributed by atoms with Crippen LogP contribution in [0, 0.1) is 12.8 Å². The Bertz CT molecular complexity index is 706. The molecule has 4 rings (SSSR count). The smallest absolute Gasteiger partial charge is 0.255 e. The third-order valence-corrected chi connectivity index (χ3v) is 4.65. The number of amides is 1. The van der Waals surface area contributed by atoms with E-state index in [1.165, 1.54) is 6.33 Å². The Kier molecular flexibility index (Phi) is 3.97. The van der Waals surface area contributed by atoms with Crippen LogP contribution in [-0.4, -0.2) is 50.1 Å². The summed E-state index contributed by atoms with van der Waals surface area (Å²) in [5.74, 6) is 1.66. The van der Waals surface area contributed by atoms with Crippen LogP contribution in [0.25, 0.3) is 0 Å². The van der Waals surface area contributed by atoms with Crippen molar-refractivity contribution in [2.75, 3.05) is 13.1 Å². The van der Waals surface area contributed by atoms with E-state index in [2.05, 4.69) is 20.1 Å². The van der Waals surface area contributed by atoms with Crippen LogP contribution in [0.5, 0.6) is 0 Å². The average molecular weight is 329 g/mol. The van der Waals surface area contributed by atoms with E-state index in [1.807, 2.05) is 4.90 Å². The number of fused-ring (bicyclic) bond motifs is 1. The molecule has 2 aromatic heterocycles. The summed E-state index contributed by atoms with van der Waals surface area (Å²) >= 11 is 0. The number of aromatic nitrogens is 4. The number of likely N-dealkylation sites (tertiary alicyclic amines) is 1. The predicted octanol–water partition coefficient (Wildman–Crippen LogP) is 1.09. The normalized spacial score (nSPS) is 25.9. The van der Waals surface area contributed by atoms with Crippen molar-refractivity contribution >= 4 is 5.91 Å². The van der Waals surface area contributed by atoms with Crippen molar-refractivity contribution in [3.05, 3.63) is 36.0 Å². The Morgan fingerprint density at radius 1 is 1.33 bits per heavy atom. The molecule has 0 radical (unpaired) electrons. The first kappa shape index (κ1) is 15.2. The highest BCUT2D eigenvalue weighted by molar-refractivity contribution is 5.76. The van der Waals surface area contributed by atoms with Crippen LogP contribution < -0.4 is 0 Å². The second-order valence-electron chi connectivity index (χ2n) is 6.38. The van der Waals surface area contributed by atoms with Crippen LogP contribution in [0.3, 0.4) is 0 Å². The van der Waals surface area contributed by atoms with E-state index in [1.54, 1.807) is 19.3 Å². The molecule has 0 unspecified atom stereocenters. The molecule has 0 spiro atoms. The minimum atomic E-state index is -0.139. The van der Waals surface area contributed by atoms with Gasteiger partial charge in [-0.15, -0.1) is 0 Å². The molecule has 2 fully saturated rings. The van der Waals surface area contributed by atoms with E-state index in [-0.39, 0.29) is 18.1 Å². The number of nitrogens with zero attached hydrogens (tertiary/aromatic N) is 5. The minimum Gasteiger partial charge on any atom is -0.363 e. The lowest BCUT2D eigenvalue weighted by Gasteiger charge is -2.18. The molecule has 24 heavy (non-hydrogen) atoms. The standard InChI is InChI=1S/C16H19N5O3/c1-10-19-16(24-20-10)13-4-12-7-21(8-14(12)23-13)15(22)3-2-11-5-17-9-18-6-11/h5-6,9,12-14H,2-4,7-8H2,1H3/t12-,13-,14+/m0/s1. The minimum absolute atomic E-state index is 0.0613. The third kappa shape index (κ3) is 3.01. The Hall–Kier alpha value is -2.35. The molecule has 2 aromatic rings. The summed E-state index contributed by atoms with van der Waals surface area (Å²) < 4.78 is 11.2. The maximum Gasteiger partial charge on any atom is 0.255 e. The van der Waals surface area contributed by atoms with Gasteiger partial charge in [0, 0.05) is 37.8 Å². The van der Waals surface area contributed by atoms with Gasteiger partial charge in [0.15, 0.2) is 5.82 Å². The first-order chi connectivity index (χ1) is 11.7. The van der Waals surface area contributed by atoms with Gasteiger partial charge in [-0.2, -0.15) is 4.98 Å². The van der Waals surface area contributed by atoms with Crippen molar-refractivity contribution in [2.24, 2.45) is 5.92 Å². The van der Waals surface area contributed by atoms with Crippen LogP contribution in [0.15, 0.2) is 23.2 Å². The zero-order valence-electron chi connectivity index (χ0n) is 13.5. The number of hydrogen-bond donors (Lipinski definition) is 0. The van der Waals surface area contributed by atoms with E-state index in [0.29, 0.717) is 37.0 Å². The molecule has 0 N–H and O–H groups in total. The zero-order chi connectivity index (χ0) is 16.5. The van der Waals surface area contributed by atoms with Crippen LogP contribution in [0.1, 0.15) is 36.2 Å². The lowest BCUT2D eigenvalue weighted by Crippen LogP contribution is -2.31. The van der Waals surface area contributed by atoms with E-state index >= 15 is 0 Å². The van der Waals surface area contributed by atoms with Crippen molar-refractivity contribution in [1.82, 2.24) is 25.0 Å². The molecule has 126 valence electrons. The van der Waals surface area contributed by atoms with Crippen molar-refractivity contribution in [2.45, 2.75) is 38.4 Å². The summed E-state index contributed by atoms with van der Waals surface area (Å²) in [7, 11) is 0. The van der Waals surface area contributed by atoms with Crippen molar-refractivity contribution in [1.29, 1.82) is 0 Å². The average Bonchev–Trinajstić information content (AvgIpc) is 3.27. The largest absolute Gasteiger partial charge is 0.363 e. The number of carbonyl (C=O) groups is 1. The van der Waals surface area contributed by atoms with Crippen molar-refractivity contribution < 1.29 is 14.1 Å². The van der Waals surface area contributed by atoms with E-state index < -0.39 is 0 Å². The topological polar surface area (TPSA) is 94.2 Å². The quantitative estimate of drug-likeness (QED) is 0.828. The highest BCUT2D eigenvalue weighted by Gasteiger charge is 2.45. The number of carbonyl (C=O) groups excluding carboxylic acids is 1. The van der Waals surface area contributed by atoms with Crippen LogP contribution in [0.4, 0.5) is 0 Å². The van der Waals surface area contributed by atoms with Crippen molar-refractivity contribution in [3.8, 4) is 0 Å². The van der Waals surface area contributed by atoms with E-state index in [4.69, 9.17) is 9.26 Å². The molecule has 0 bridgehead atoms. The second-order valence-corrected chi connectivity index (χ2v) is 6.38. The monoisotopic (exact) mass is 329 g/mol. The fourth-order valence-corrected chi connectivity index (χ4v) is 3.44. The molecule has 2 saturated heterocycles. The fraction of sp³-hybridized carbons (Fsp3) is 0.562. The molecule has 0 aromatic carbocycles. The maximum atomic E-state index is 12.4. The third-order valence-electron chi connectivity index (χ3n) is 4.65. The summed E-state index contributed by atoms with van der Waals surface area (Å²) in [5.41, 5.74) is 0.980. The Morgan fingerprint density at radius 2 is 2.17 bits per heavy atom. The summed E-state index contributed by atoms with van der Waals surface area (Å²) in [4.78, 5) is 26.5. The molecular formula is C16H19N5O3. The molecule has 0 aliphatic carbocycles. The van der Waals surface area contributed by atoms with E-state index in [9.17, 15) is 4.79 Å². The van der Waals surface area contributed by atoms with Crippen LogP contribution in [-0.2, 0) is 16.0 Å². The number of rotatable bonds is 4. The maximum absolute atomic E-state index is 12.4. The van der Waals surface area contributed by atoms with Gasteiger partial charge < -0.3 is 14.2 Å². The molecule has 2 aliphatic rings. The van der Waals surface area contributed by atoms with Crippen LogP contribution in [0.2, 0.25) is 0 Å². The summed E-state index contributed by atoms with van der Waals surface area (Å²) in [5, 5.41) is 3.81. The summed E-state index contributed by atoms with van der Waals surface area (Å²) in [6, 6.07) is 0. The van der Waals surface area contributed by atoms with Crippen LogP contribution >= 0.6 is 0 Å². The van der Waals surface area contributed by atoms with E-state index in [0.717, 1.165) is 18.5 Å². The van der Waals surface area contributed by atoms with Gasteiger partial charge in [-0.05, 0) is 25.3 Å². The first-order valence-electron chi connectivity index (χ1n) is 8.16. The molecule has 0 saturated carbocycles. The number of hydrogen-bond acceptors (Lipinski definition) is 7. The first-order valence-corrected chi connectivity index (χ1v) is 8.16. The number of ether oxygens (including phenoxy) is 1. The van der Waals surface area contributed by atoms with Gasteiger partial charge in [-0.3, -0.25) is 4.79 Å². The van der Waals surface area contributed by atoms with Gasteiger partial charge in [0.2, 0.25) is 5.91 Å². The lowest BCUT2D eigenvalue weighted by molar-refractivity contribution is -0.131. The van der Waals surface area contributed by atoms with Gasteiger partial charge in [-0.25, -0.2) is 9.97 Å². The molecule has 8 nitrogen and oxygen atoms in total. The second kappa shape index (κ2) is 6.27. The predicted molar refractivity (Wildman–Crippen MR) is 81.7 cm³/mol. The SMILES string of the molecule is Cc1noc([C@@H]2C[C@H]3CN(C(=O)CCc4cncnc4)C[C@H]3O2)n1. The Labute approximate surface area is 139 Å². The molecule has 2 aliphatic heterocycles. The zero-order valence-corrected chi connectivity index (χ0v) is 13.5.